The molecule has 4 amide bonds. The van der Waals surface area contributed by atoms with Gasteiger partial charge in [-0.05, 0) is 99.9 Å². The van der Waals surface area contributed by atoms with Crippen LogP contribution in [0.3, 0.4) is 0 Å². The summed E-state index contributed by atoms with van der Waals surface area (Å²) < 4.78 is 12.5. The molecule has 0 aliphatic carbocycles. The van der Waals surface area contributed by atoms with Crippen molar-refractivity contribution < 1.29 is 28.7 Å². The van der Waals surface area contributed by atoms with Crippen LogP contribution in [-0.2, 0) is 28.7 Å². The lowest BCUT2D eigenvalue weighted by Crippen LogP contribution is -2.58. The highest BCUT2D eigenvalue weighted by atomic mass is 32.2. The maximum absolute atomic E-state index is 14.5. The zero-order valence-corrected chi connectivity index (χ0v) is 44.3. The van der Waals surface area contributed by atoms with Crippen molar-refractivity contribution in [3.05, 3.63) is 71.8 Å². The third-order valence-corrected chi connectivity index (χ3v) is 17.3. The number of nitrogens with zero attached hydrogens (tertiary/aromatic N) is 2. The first-order valence-electron chi connectivity index (χ1n) is 24.2. The van der Waals surface area contributed by atoms with Gasteiger partial charge in [-0.3, -0.25) is 19.2 Å². The minimum atomic E-state index is -0.665. The van der Waals surface area contributed by atoms with Crippen molar-refractivity contribution in [1.29, 1.82) is 0 Å². The van der Waals surface area contributed by atoms with Gasteiger partial charge in [0, 0.05) is 13.2 Å². The molecule has 68 heavy (non-hydrogen) atoms. The van der Waals surface area contributed by atoms with E-state index < -0.39 is 47.1 Å². The van der Waals surface area contributed by atoms with Crippen molar-refractivity contribution >= 4 is 81.6 Å². The van der Waals surface area contributed by atoms with Crippen LogP contribution in [0.25, 0.3) is 0 Å². The Morgan fingerprint density at radius 2 is 1.03 bits per heavy atom. The number of fused-ring (bicyclic) bond motifs is 2. The van der Waals surface area contributed by atoms with Crippen LogP contribution in [0.1, 0.15) is 103 Å². The van der Waals surface area contributed by atoms with Crippen LogP contribution in [0.5, 0.6) is 0 Å². The summed E-state index contributed by atoms with van der Waals surface area (Å²) >= 11 is 14.7. The fourth-order valence-corrected chi connectivity index (χ4v) is 13.4. The summed E-state index contributed by atoms with van der Waals surface area (Å²) in [7, 11) is 3.67. The molecule has 6 rings (SSSR count). The van der Waals surface area contributed by atoms with E-state index in [9.17, 15) is 19.2 Å². The van der Waals surface area contributed by atoms with E-state index >= 15 is 0 Å². The van der Waals surface area contributed by atoms with Gasteiger partial charge in [-0.15, -0.1) is 23.5 Å². The molecule has 4 heterocycles. The van der Waals surface area contributed by atoms with E-state index in [1.54, 1.807) is 23.5 Å². The summed E-state index contributed by atoms with van der Waals surface area (Å²) in [5, 5.41) is 19.2. The molecule has 4 aliphatic rings. The molecule has 4 fully saturated rings. The van der Waals surface area contributed by atoms with Gasteiger partial charge < -0.3 is 51.2 Å². The quantitative estimate of drug-likeness (QED) is 0.0688. The van der Waals surface area contributed by atoms with Crippen molar-refractivity contribution in [2.75, 3.05) is 52.0 Å². The van der Waals surface area contributed by atoms with Crippen LogP contribution in [0.2, 0.25) is 0 Å². The van der Waals surface area contributed by atoms with Gasteiger partial charge in [-0.1, -0.05) is 113 Å². The van der Waals surface area contributed by atoms with Crippen molar-refractivity contribution in [3.8, 4) is 0 Å². The van der Waals surface area contributed by atoms with Gasteiger partial charge in [-0.25, -0.2) is 0 Å². The highest BCUT2D eigenvalue weighted by Crippen LogP contribution is 2.48. The lowest BCUT2D eigenvalue weighted by Gasteiger charge is -2.35. The molecule has 0 bridgehead atoms. The zero-order valence-electron chi connectivity index (χ0n) is 41.0. The Labute approximate surface area is 423 Å². The van der Waals surface area contributed by atoms with Gasteiger partial charge in [0.25, 0.3) is 0 Å². The molecular weight excluding hydrogens is 937 g/mol. The number of likely N-dealkylation sites (N-methyl/N-ethyl adjacent to an activating group) is 2. The second-order valence-corrected chi connectivity index (χ2v) is 23.3. The van der Waals surface area contributed by atoms with Crippen LogP contribution in [0.4, 0.5) is 0 Å². The summed E-state index contributed by atoms with van der Waals surface area (Å²) in [4.78, 5) is 62.1. The molecule has 2 aromatic carbocycles. The second kappa shape index (κ2) is 24.7. The lowest BCUT2D eigenvalue weighted by molar-refractivity contribution is -0.142. The number of thioether (sulfide) groups is 2. The summed E-state index contributed by atoms with van der Waals surface area (Å²) in [6, 6.07) is 16.2. The predicted molar refractivity (Wildman–Crippen MR) is 281 cm³/mol. The predicted octanol–water partition coefficient (Wildman–Crippen LogP) is 5.48. The van der Waals surface area contributed by atoms with Crippen LogP contribution >= 0.6 is 48.0 Å². The molecule has 374 valence electrons. The molecular formula is C50H74N8O6S4. The first-order valence-corrected chi connectivity index (χ1v) is 27.1. The molecule has 0 saturated carbocycles. The topological polar surface area (TPSA) is 165 Å². The van der Waals surface area contributed by atoms with Gasteiger partial charge in [0.2, 0.25) is 23.6 Å². The molecule has 2 aromatic rings. The summed E-state index contributed by atoms with van der Waals surface area (Å²) in [5.74, 6) is 0.996. The number of carbonyl (C=O) groups is 4. The average molecular weight is 1010 g/mol. The van der Waals surface area contributed by atoms with E-state index in [4.69, 9.17) is 33.9 Å². The fraction of sp³-hybridized carbons (Fsp3) is 0.640. The molecule has 4 aliphatic heterocycles. The molecule has 6 N–H and O–H groups in total. The number of hydrogen-bond donors (Lipinski definition) is 6. The number of unbranched alkanes of at least 4 members (excludes halogenated alkanes) is 1. The van der Waals surface area contributed by atoms with E-state index in [0.29, 0.717) is 48.9 Å². The van der Waals surface area contributed by atoms with Crippen LogP contribution in [-0.4, -0.2) is 142 Å². The van der Waals surface area contributed by atoms with E-state index in [0.717, 1.165) is 35.5 Å². The number of nitrogens with one attached hydrogen (secondary N) is 6. The van der Waals surface area contributed by atoms with E-state index in [1.807, 2.05) is 98.4 Å². The lowest BCUT2D eigenvalue weighted by atomic mass is 9.83. The molecule has 4 saturated heterocycles. The van der Waals surface area contributed by atoms with Gasteiger partial charge in [0.1, 0.15) is 24.2 Å². The van der Waals surface area contributed by atoms with Crippen LogP contribution in [0.15, 0.2) is 60.7 Å². The van der Waals surface area contributed by atoms with Gasteiger partial charge in [0.15, 0.2) is 0 Å². The highest BCUT2D eigenvalue weighted by Gasteiger charge is 2.56. The van der Waals surface area contributed by atoms with Crippen LogP contribution in [0, 0.1) is 10.8 Å². The monoisotopic (exact) mass is 1010 g/mol. The number of hydrogen-bond acceptors (Lipinski definition) is 12. The Hall–Kier alpha value is -3.36. The summed E-state index contributed by atoms with van der Waals surface area (Å²) in [5.41, 5.74) is 0.932. The van der Waals surface area contributed by atoms with Gasteiger partial charge >= 0.3 is 0 Å². The number of amides is 4. The molecule has 0 aromatic heterocycles. The number of carbonyl (C=O) groups excluding carboxylic acids is 4. The Balaban J connectivity index is 1.03. The normalized spacial score (nSPS) is 26.0. The Kier molecular flexibility index (Phi) is 19.6. The fourth-order valence-electron chi connectivity index (χ4n) is 9.68. The third kappa shape index (κ3) is 13.3. The second-order valence-electron chi connectivity index (χ2n) is 19.9. The molecule has 0 spiro atoms. The molecule has 18 heteroatoms. The first kappa shape index (κ1) is 54.0. The van der Waals surface area contributed by atoms with Crippen LogP contribution < -0.4 is 31.9 Å². The Morgan fingerprint density at radius 3 is 1.38 bits per heavy atom. The smallest absolute Gasteiger partial charge is 0.246 e. The van der Waals surface area contributed by atoms with E-state index in [1.165, 1.54) is 0 Å². The molecule has 10 atom stereocenters. The van der Waals surface area contributed by atoms with Crippen molar-refractivity contribution in [2.24, 2.45) is 10.8 Å². The number of rotatable bonds is 21. The largest absolute Gasteiger partial charge is 0.379 e. The highest BCUT2D eigenvalue weighted by molar-refractivity contribution is 8.00. The minimum Gasteiger partial charge on any atom is -0.379 e. The maximum atomic E-state index is 14.5. The van der Waals surface area contributed by atoms with Gasteiger partial charge in [-0.2, -0.15) is 0 Å². The average Bonchev–Trinajstić information content (AvgIpc) is 3.64. The van der Waals surface area contributed by atoms with Gasteiger partial charge in [0.05, 0.1) is 58.1 Å². The Bertz CT molecular complexity index is 1910. The van der Waals surface area contributed by atoms with E-state index in [-0.39, 0.29) is 59.7 Å². The van der Waals surface area contributed by atoms with Crippen molar-refractivity contribution in [1.82, 2.24) is 41.7 Å². The Morgan fingerprint density at radius 1 is 0.662 bits per heavy atom. The van der Waals surface area contributed by atoms with Crippen molar-refractivity contribution in [3.63, 3.8) is 0 Å². The number of thiocarbonyl (C=S) groups is 2. The number of benzene rings is 2. The third-order valence-electron chi connectivity index (χ3n) is 13.8. The maximum Gasteiger partial charge on any atom is 0.246 e. The zero-order chi connectivity index (χ0) is 49.2. The van der Waals surface area contributed by atoms with E-state index in [2.05, 4.69) is 59.6 Å². The number of ether oxygens (including phenoxy) is 2. The summed E-state index contributed by atoms with van der Waals surface area (Å²) in [6.07, 6.45) is 4.11. The molecule has 0 unspecified atom stereocenters. The van der Waals surface area contributed by atoms with Crippen molar-refractivity contribution in [2.45, 2.75) is 139 Å². The molecule has 0 radical (unpaired) electrons. The minimum absolute atomic E-state index is 0.0863. The SMILES string of the molecule is CN[C@@H](C)C(=S)N[C@H]1CCS[C@H]2CC(C)(C)[C@@H](C(=O)N[C@H](COCCCCOC[C@@H](NC(=O)[C@H]3N4C(=O)[C@@H](NC(=S)[C@H](C)NC)CCS[C@H]4CC3(C)C)c3ccccc3)c3ccccc3)N2C1=O. The summed E-state index contributed by atoms with van der Waals surface area (Å²) in [6.45, 7) is 13.6. The standard InChI is InChI=1S/C50H74N8O6S4/c1-31(51-7)45(65)55-35-21-25-67-39-27-49(3,4)41(57(39)47(35)61)43(59)53-37(33-17-11-9-12-18-33)29-63-23-15-16-24-64-30-38(34-19-13-10-14-20-34)54-44(60)42-50(5,6)28-40-58(42)48(62)36(22-26-68-40)56-46(66)32(2)52-8/h9-14,17-20,31-32,35-42,51-52H,15-16,21-30H2,1-8H3,(H,53,59)(H,54,60)(H,55,65)(H,56,66)/t31-,32-,35-,36-,37+,38+,39-,40-,41+,42+/m0/s1. The first-order chi connectivity index (χ1) is 32.5. The molecule has 14 nitrogen and oxygen atoms in total.